The number of alkyl halides is 3. The van der Waals surface area contributed by atoms with Gasteiger partial charge in [0.1, 0.15) is 5.71 Å². The second-order valence-corrected chi connectivity index (χ2v) is 4.24. The number of hydrogen-bond acceptors (Lipinski definition) is 2. The number of carbonyl (C=O) groups excluding carboxylic acids is 1. The summed E-state index contributed by atoms with van der Waals surface area (Å²) in [4.78, 5) is 14.4. The van der Waals surface area contributed by atoms with Crippen molar-refractivity contribution in [2.24, 2.45) is 4.99 Å². The monoisotopic (exact) mass is 268 g/mol. The molecule has 0 unspecified atom stereocenters. The predicted octanol–water partition coefficient (Wildman–Crippen LogP) is 3.31. The molecule has 0 radical (unpaired) electrons. The van der Waals surface area contributed by atoms with E-state index in [1.807, 2.05) is 0 Å². The zero-order valence-corrected chi connectivity index (χ0v) is 10.3. The van der Waals surface area contributed by atoms with Crippen LogP contribution in [0.4, 0.5) is 18.9 Å². The quantitative estimate of drug-likeness (QED) is 0.878. The average molecular weight is 268 g/mol. The third-order valence-corrected chi connectivity index (χ3v) is 2.64. The van der Waals surface area contributed by atoms with Gasteiger partial charge in [0, 0.05) is 18.2 Å². The SMILES string of the molecule is CC(=O)Nc1ccc(C2=CC(C(F)(F)F)=N2)cc1C. The molecule has 2 rings (SSSR count). The summed E-state index contributed by atoms with van der Waals surface area (Å²) in [7, 11) is 0. The highest BCUT2D eigenvalue weighted by Crippen LogP contribution is 2.32. The number of hydrogen-bond donors (Lipinski definition) is 1. The average Bonchev–Trinajstić information content (AvgIpc) is 2.17. The summed E-state index contributed by atoms with van der Waals surface area (Å²) in [6, 6.07) is 4.96. The number of halogens is 3. The molecule has 3 nitrogen and oxygen atoms in total. The number of allylic oxidation sites excluding steroid dienone is 1. The summed E-state index contributed by atoms with van der Waals surface area (Å²) < 4.78 is 36.8. The van der Waals surface area contributed by atoms with E-state index in [0.717, 1.165) is 11.6 Å². The van der Waals surface area contributed by atoms with E-state index in [2.05, 4.69) is 10.3 Å². The van der Waals surface area contributed by atoms with Crippen LogP contribution in [0.2, 0.25) is 0 Å². The number of aliphatic imine (C=N–C) groups is 1. The minimum atomic E-state index is -4.39. The van der Waals surface area contributed by atoms with Crippen LogP contribution in [-0.4, -0.2) is 17.8 Å². The molecule has 19 heavy (non-hydrogen) atoms. The number of amides is 1. The summed E-state index contributed by atoms with van der Waals surface area (Å²) in [6.07, 6.45) is -3.39. The van der Waals surface area contributed by atoms with E-state index in [1.165, 1.54) is 6.92 Å². The number of rotatable bonds is 2. The third-order valence-electron chi connectivity index (χ3n) is 2.64. The molecule has 0 saturated heterocycles. The van der Waals surface area contributed by atoms with Crippen molar-refractivity contribution in [1.29, 1.82) is 0 Å². The van der Waals surface area contributed by atoms with Gasteiger partial charge in [-0.05, 0) is 30.7 Å². The normalized spacial score (nSPS) is 14.4. The van der Waals surface area contributed by atoms with Crippen LogP contribution in [0, 0.1) is 6.92 Å². The van der Waals surface area contributed by atoms with Crippen LogP contribution in [0.1, 0.15) is 18.1 Å². The van der Waals surface area contributed by atoms with E-state index in [4.69, 9.17) is 0 Å². The second-order valence-electron chi connectivity index (χ2n) is 4.24. The number of benzene rings is 1. The lowest BCUT2D eigenvalue weighted by Gasteiger charge is -2.17. The van der Waals surface area contributed by atoms with Gasteiger partial charge in [-0.1, -0.05) is 6.07 Å². The number of carbonyl (C=O) groups is 1. The summed E-state index contributed by atoms with van der Waals surface area (Å²) in [5.41, 5.74) is 1.43. The fourth-order valence-corrected chi connectivity index (χ4v) is 1.70. The summed E-state index contributed by atoms with van der Waals surface area (Å²) >= 11 is 0. The van der Waals surface area contributed by atoms with Gasteiger partial charge in [-0.15, -0.1) is 0 Å². The first kappa shape index (κ1) is 13.3. The molecule has 0 saturated carbocycles. The molecule has 6 heteroatoms. The minimum Gasteiger partial charge on any atom is -0.326 e. The van der Waals surface area contributed by atoms with Gasteiger partial charge in [-0.25, -0.2) is 4.99 Å². The highest BCUT2D eigenvalue weighted by atomic mass is 19.4. The van der Waals surface area contributed by atoms with Crippen LogP contribution in [0.15, 0.2) is 29.3 Å². The van der Waals surface area contributed by atoms with E-state index in [-0.39, 0.29) is 5.91 Å². The first-order chi connectivity index (χ1) is 8.77. The number of anilines is 1. The molecule has 1 aliphatic rings. The number of nitrogens with zero attached hydrogens (tertiary/aromatic N) is 1. The van der Waals surface area contributed by atoms with E-state index in [0.29, 0.717) is 16.9 Å². The summed E-state index contributed by atoms with van der Waals surface area (Å²) in [5.74, 6) is -0.198. The maximum absolute atomic E-state index is 12.3. The van der Waals surface area contributed by atoms with Crippen LogP contribution in [0.3, 0.4) is 0 Å². The summed E-state index contributed by atoms with van der Waals surface area (Å²) in [6.45, 7) is 3.16. The van der Waals surface area contributed by atoms with Crippen LogP contribution in [-0.2, 0) is 4.79 Å². The van der Waals surface area contributed by atoms with Crippen molar-refractivity contribution in [3.8, 4) is 0 Å². The minimum absolute atomic E-state index is 0.198. The largest absolute Gasteiger partial charge is 0.433 e. The molecule has 0 aromatic heterocycles. The Morgan fingerprint density at radius 1 is 1.32 bits per heavy atom. The van der Waals surface area contributed by atoms with Crippen molar-refractivity contribution in [2.75, 3.05) is 5.32 Å². The molecule has 1 N–H and O–H groups in total. The van der Waals surface area contributed by atoms with E-state index in [1.54, 1.807) is 25.1 Å². The van der Waals surface area contributed by atoms with Gasteiger partial charge in [0.2, 0.25) is 5.91 Å². The van der Waals surface area contributed by atoms with Gasteiger partial charge in [-0.2, -0.15) is 13.2 Å². The van der Waals surface area contributed by atoms with E-state index < -0.39 is 11.9 Å². The van der Waals surface area contributed by atoms with Crippen molar-refractivity contribution in [2.45, 2.75) is 20.0 Å². The van der Waals surface area contributed by atoms with Gasteiger partial charge in [-0.3, -0.25) is 4.79 Å². The maximum Gasteiger partial charge on any atom is 0.433 e. The molecule has 0 spiro atoms. The molecule has 0 bridgehead atoms. The smallest absolute Gasteiger partial charge is 0.326 e. The molecule has 1 aliphatic heterocycles. The van der Waals surface area contributed by atoms with Gasteiger partial charge in [0.05, 0.1) is 5.70 Å². The van der Waals surface area contributed by atoms with Crippen molar-refractivity contribution < 1.29 is 18.0 Å². The Balaban J connectivity index is 2.17. The highest BCUT2D eigenvalue weighted by Gasteiger charge is 2.38. The lowest BCUT2D eigenvalue weighted by Crippen LogP contribution is -2.25. The van der Waals surface area contributed by atoms with Crippen LogP contribution < -0.4 is 5.32 Å². The van der Waals surface area contributed by atoms with Crippen molar-refractivity contribution in [3.63, 3.8) is 0 Å². The van der Waals surface area contributed by atoms with Crippen molar-refractivity contribution in [3.05, 3.63) is 35.4 Å². The highest BCUT2D eigenvalue weighted by molar-refractivity contribution is 6.13. The Morgan fingerprint density at radius 2 is 1.95 bits per heavy atom. The fraction of sp³-hybridized carbons (Fsp3) is 0.231. The zero-order valence-electron chi connectivity index (χ0n) is 10.3. The molecular formula is C13H11F3N2O. The first-order valence-electron chi connectivity index (χ1n) is 5.53. The molecule has 0 atom stereocenters. The Hall–Kier alpha value is -2.11. The molecule has 0 fully saturated rings. The molecule has 0 aliphatic carbocycles. The lowest BCUT2D eigenvalue weighted by atomic mass is 10.0. The molecule has 1 aromatic carbocycles. The zero-order chi connectivity index (χ0) is 14.2. The predicted molar refractivity (Wildman–Crippen MR) is 66.9 cm³/mol. The Bertz CT molecular complexity index is 600. The Kier molecular flexibility index (Phi) is 3.18. The van der Waals surface area contributed by atoms with Crippen LogP contribution in [0.5, 0.6) is 0 Å². The van der Waals surface area contributed by atoms with Crippen LogP contribution >= 0.6 is 0 Å². The number of nitrogens with one attached hydrogen (secondary N) is 1. The van der Waals surface area contributed by atoms with Crippen LogP contribution in [0.25, 0.3) is 5.70 Å². The van der Waals surface area contributed by atoms with Crippen molar-refractivity contribution >= 4 is 23.0 Å². The Labute approximate surface area is 107 Å². The van der Waals surface area contributed by atoms with Gasteiger partial charge in [0.25, 0.3) is 0 Å². The number of aryl methyl sites for hydroxylation is 1. The van der Waals surface area contributed by atoms with Gasteiger partial charge in [0.15, 0.2) is 0 Å². The molecule has 100 valence electrons. The lowest BCUT2D eigenvalue weighted by molar-refractivity contribution is -0.114. The molecule has 1 amide bonds. The van der Waals surface area contributed by atoms with E-state index in [9.17, 15) is 18.0 Å². The third kappa shape index (κ3) is 2.83. The molecule has 1 aromatic rings. The topological polar surface area (TPSA) is 41.5 Å². The maximum atomic E-state index is 12.3. The molecule has 1 heterocycles. The fourth-order valence-electron chi connectivity index (χ4n) is 1.70. The summed E-state index contributed by atoms with van der Waals surface area (Å²) in [5, 5.41) is 2.63. The van der Waals surface area contributed by atoms with Crippen molar-refractivity contribution in [1.82, 2.24) is 0 Å². The van der Waals surface area contributed by atoms with Gasteiger partial charge >= 0.3 is 6.18 Å². The second kappa shape index (κ2) is 4.53. The molecular weight excluding hydrogens is 257 g/mol. The van der Waals surface area contributed by atoms with E-state index >= 15 is 0 Å². The standard InChI is InChI=1S/C13H11F3N2O/c1-7-5-9(3-4-10(7)17-8(2)19)11-6-12(18-11)13(14,15)16/h3-6H,1-2H3,(H,17,19). The van der Waals surface area contributed by atoms with Gasteiger partial charge < -0.3 is 5.32 Å². The first-order valence-corrected chi connectivity index (χ1v) is 5.53. The Morgan fingerprint density at radius 3 is 2.42 bits per heavy atom.